The Bertz CT molecular complexity index is 1340. The Hall–Kier alpha value is -3.36. The zero-order chi connectivity index (χ0) is 31.5. The molecule has 1 spiro atoms. The van der Waals surface area contributed by atoms with Crippen molar-refractivity contribution in [2.75, 3.05) is 39.3 Å². The van der Waals surface area contributed by atoms with Crippen LogP contribution in [-0.2, 0) is 30.3 Å². The molecule has 0 atom stereocenters. The maximum absolute atomic E-state index is 13.6. The maximum atomic E-state index is 13.6. The van der Waals surface area contributed by atoms with Gasteiger partial charge in [-0.1, -0.05) is 48.0 Å². The summed E-state index contributed by atoms with van der Waals surface area (Å²) < 4.78 is 24.7. The summed E-state index contributed by atoms with van der Waals surface area (Å²) in [6, 6.07) is 14.3. The number of nitrogens with zero attached hydrogens (tertiary/aromatic N) is 2. The lowest BCUT2D eigenvalue weighted by Crippen LogP contribution is -2.50. The molecule has 1 saturated heterocycles. The minimum atomic E-state index is -0.775. The third-order valence-electron chi connectivity index (χ3n) is 8.81. The van der Waals surface area contributed by atoms with Crippen LogP contribution in [0.5, 0.6) is 0 Å². The van der Waals surface area contributed by atoms with Gasteiger partial charge in [0.05, 0.1) is 12.7 Å². The predicted molar refractivity (Wildman–Crippen MR) is 170 cm³/mol. The number of esters is 1. The van der Waals surface area contributed by atoms with Crippen LogP contribution in [0, 0.1) is 20.8 Å². The van der Waals surface area contributed by atoms with Gasteiger partial charge in [-0.3, -0.25) is 4.90 Å². The monoisotopic (exact) mass is 604 g/mol. The van der Waals surface area contributed by atoms with Crippen LogP contribution in [0.25, 0.3) is 5.57 Å². The molecule has 0 N–H and O–H groups in total. The standard InChI is InChI=1S/C36H48N2O6/c1-25-22-26(2)30(27(3)23-25)31-32(42-24-28-10-8-7-9-11-28)36(43-33(31)39)14-12-29(13-15-36)41-21-20-37-16-18-38(19-17-37)34(40)44-35(4,5)6/h7-11,22-23,29H,12-21,24H2,1-6H3. The van der Waals surface area contributed by atoms with E-state index in [9.17, 15) is 9.59 Å². The molecule has 2 aromatic carbocycles. The summed E-state index contributed by atoms with van der Waals surface area (Å²) in [5.74, 6) is 0.371. The highest BCUT2D eigenvalue weighted by Crippen LogP contribution is 2.48. The first kappa shape index (κ1) is 32.0. The van der Waals surface area contributed by atoms with E-state index in [-0.39, 0.29) is 18.2 Å². The van der Waals surface area contributed by atoms with Gasteiger partial charge < -0.3 is 23.8 Å². The molecular formula is C36H48N2O6. The van der Waals surface area contributed by atoms with Crippen molar-refractivity contribution in [3.05, 3.63) is 76.0 Å². The number of ether oxygens (including phenoxy) is 4. The summed E-state index contributed by atoms with van der Waals surface area (Å²) in [7, 11) is 0. The van der Waals surface area contributed by atoms with Crippen molar-refractivity contribution in [3.8, 4) is 0 Å². The maximum Gasteiger partial charge on any atom is 0.410 e. The van der Waals surface area contributed by atoms with Crippen molar-refractivity contribution in [2.24, 2.45) is 0 Å². The number of carbonyl (C=O) groups is 2. The fraction of sp³-hybridized carbons (Fsp3) is 0.556. The molecule has 1 amide bonds. The molecule has 2 aliphatic heterocycles. The minimum absolute atomic E-state index is 0.102. The Morgan fingerprint density at radius 2 is 1.61 bits per heavy atom. The van der Waals surface area contributed by atoms with Crippen molar-refractivity contribution < 1.29 is 28.5 Å². The van der Waals surface area contributed by atoms with E-state index >= 15 is 0 Å². The van der Waals surface area contributed by atoms with Crippen molar-refractivity contribution in [1.82, 2.24) is 9.80 Å². The van der Waals surface area contributed by atoms with E-state index in [2.05, 4.69) is 37.8 Å². The number of aryl methyl sites for hydroxylation is 3. The van der Waals surface area contributed by atoms with E-state index < -0.39 is 11.2 Å². The number of hydrogen-bond acceptors (Lipinski definition) is 7. The predicted octanol–water partition coefficient (Wildman–Crippen LogP) is 6.35. The molecule has 1 saturated carbocycles. The molecule has 1 aliphatic carbocycles. The van der Waals surface area contributed by atoms with Crippen molar-refractivity contribution in [3.63, 3.8) is 0 Å². The first-order valence-electron chi connectivity index (χ1n) is 16.0. The zero-order valence-electron chi connectivity index (χ0n) is 27.2. The Labute approximate surface area is 262 Å². The highest BCUT2D eigenvalue weighted by atomic mass is 16.6. The smallest absolute Gasteiger partial charge is 0.410 e. The first-order chi connectivity index (χ1) is 20.9. The average Bonchev–Trinajstić information content (AvgIpc) is 3.22. The molecule has 8 nitrogen and oxygen atoms in total. The summed E-state index contributed by atoms with van der Waals surface area (Å²) >= 11 is 0. The normalized spacial score (nSPS) is 22.8. The third-order valence-corrected chi connectivity index (χ3v) is 8.81. The summed E-state index contributed by atoms with van der Waals surface area (Å²) in [5.41, 5.74) is 4.55. The van der Waals surface area contributed by atoms with Crippen LogP contribution in [0.2, 0.25) is 0 Å². The molecule has 2 heterocycles. The minimum Gasteiger partial charge on any atom is -0.488 e. The lowest BCUT2D eigenvalue weighted by molar-refractivity contribution is -0.153. The molecule has 238 valence electrons. The lowest BCUT2D eigenvalue weighted by Gasteiger charge is -2.38. The largest absolute Gasteiger partial charge is 0.488 e. The zero-order valence-corrected chi connectivity index (χ0v) is 27.2. The van der Waals surface area contributed by atoms with Gasteiger partial charge in [0.15, 0.2) is 11.4 Å². The van der Waals surface area contributed by atoms with Gasteiger partial charge in [0.2, 0.25) is 0 Å². The molecule has 2 fully saturated rings. The topological polar surface area (TPSA) is 77.5 Å². The van der Waals surface area contributed by atoms with Gasteiger partial charge >= 0.3 is 12.1 Å². The van der Waals surface area contributed by atoms with E-state index in [0.29, 0.717) is 50.5 Å². The van der Waals surface area contributed by atoms with Gasteiger partial charge in [-0.2, -0.15) is 0 Å². The SMILES string of the molecule is Cc1cc(C)c(C2=C(OCc3ccccc3)C3(CCC(OCCN4CCN(C(=O)OC(C)(C)C)CC4)CC3)OC2=O)c(C)c1. The summed E-state index contributed by atoms with van der Waals surface area (Å²) in [6.07, 6.45) is 2.76. The Balaban J connectivity index is 1.21. The second-order valence-corrected chi connectivity index (χ2v) is 13.5. The van der Waals surface area contributed by atoms with Gasteiger partial charge in [-0.15, -0.1) is 0 Å². The summed E-state index contributed by atoms with van der Waals surface area (Å²) in [6.45, 7) is 16.6. The highest BCUT2D eigenvalue weighted by Gasteiger charge is 2.52. The molecule has 5 rings (SSSR count). The van der Waals surface area contributed by atoms with Crippen LogP contribution < -0.4 is 0 Å². The van der Waals surface area contributed by atoms with Gasteiger partial charge in [0.1, 0.15) is 17.8 Å². The van der Waals surface area contributed by atoms with Gasteiger partial charge in [0.25, 0.3) is 0 Å². The van der Waals surface area contributed by atoms with Crippen LogP contribution in [0.1, 0.15) is 74.3 Å². The number of carbonyl (C=O) groups excluding carboxylic acids is 2. The second-order valence-electron chi connectivity index (χ2n) is 13.5. The number of rotatable bonds is 8. The van der Waals surface area contributed by atoms with Crippen molar-refractivity contribution in [1.29, 1.82) is 0 Å². The van der Waals surface area contributed by atoms with E-state index in [1.54, 1.807) is 4.90 Å². The van der Waals surface area contributed by atoms with Crippen LogP contribution in [0.3, 0.4) is 0 Å². The van der Waals surface area contributed by atoms with Crippen molar-refractivity contribution >= 4 is 17.6 Å². The number of benzene rings is 2. The molecule has 8 heteroatoms. The fourth-order valence-corrected chi connectivity index (χ4v) is 6.70. The Kier molecular flexibility index (Phi) is 9.71. The molecule has 0 unspecified atom stereocenters. The Morgan fingerprint density at radius 3 is 2.23 bits per heavy atom. The first-order valence-corrected chi connectivity index (χ1v) is 16.0. The lowest BCUT2D eigenvalue weighted by atomic mass is 9.80. The molecule has 0 radical (unpaired) electrons. The molecule has 3 aliphatic rings. The molecule has 2 aromatic rings. The number of piperazine rings is 1. The number of amides is 1. The van der Waals surface area contributed by atoms with Gasteiger partial charge in [-0.05, 0) is 89.5 Å². The quantitative estimate of drug-likeness (QED) is 0.325. The van der Waals surface area contributed by atoms with Crippen molar-refractivity contribution in [2.45, 2.75) is 91.1 Å². The molecule has 0 bridgehead atoms. The van der Waals surface area contributed by atoms with E-state index in [1.165, 1.54) is 5.56 Å². The summed E-state index contributed by atoms with van der Waals surface area (Å²) in [4.78, 5) is 30.1. The van der Waals surface area contributed by atoms with Crippen LogP contribution in [0.15, 0.2) is 48.2 Å². The number of hydrogen-bond donors (Lipinski definition) is 0. The summed E-state index contributed by atoms with van der Waals surface area (Å²) in [5, 5.41) is 0. The van der Waals surface area contributed by atoms with E-state index in [0.717, 1.165) is 54.7 Å². The molecule has 0 aromatic heterocycles. The van der Waals surface area contributed by atoms with E-state index in [4.69, 9.17) is 18.9 Å². The second kappa shape index (κ2) is 13.3. The fourth-order valence-electron chi connectivity index (χ4n) is 6.70. The third kappa shape index (κ3) is 7.46. The van der Waals surface area contributed by atoms with E-state index in [1.807, 2.05) is 51.1 Å². The van der Waals surface area contributed by atoms with Gasteiger partial charge in [-0.25, -0.2) is 9.59 Å². The Morgan fingerprint density at radius 1 is 0.977 bits per heavy atom. The average molecular weight is 605 g/mol. The van der Waals surface area contributed by atoms with Crippen LogP contribution >= 0.6 is 0 Å². The molecular weight excluding hydrogens is 556 g/mol. The van der Waals surface area contributed by atoms with Gasteiger partial charge in [0, 0.05) is 32.7 Å². The van der Waals surface area contributed by atoms with Crippen LogP contribution in [0.4, 0.5) is 4.79 Å². The van der Waals surface area contributed by atoms with Crippen LogP contribution in [-0.4, -0.2) is 78.5 Å². The molecule has 44 heavy (non-hydrogen) atoms. The highest BCUT2D eigenvalue weighted by molar-refractivity contribution is 6.20.